The molecule has 2 heterocycles. The van der Waals surface area contributed by atoms with E-state index in [9.17, 15) is 19.2 Å². The largest absolute Gasteiger partial charge is 0.313 e. The van der Waals surface area contributed by atoms with E-state index in [1.54, 1.807) is 36.4 Å². The molecule has 154 valence electrons. The number of nitrogens with one attached hydrogen (secondary N) is 1. The Morgan fingerprint density at radius 1 is 0.613 bits per heavy atom. The molecule has 0 aliphatic carbocycles. The van der Waals surface area contributed by atoms with E-state index in [2.05, 4.69) is 5.32 Å². The van der Waals surface area contributed by atoms with Crippen LogP contribution in [0.4, 0.5) is 5.69 Å². The summed E-state index contributed by atoms with van der Waals surface area (Å²) in [4.78, 5) is 52.8. The monoisotopic (exact) mass is 413 g/mol. The number of anilines is 1. The zero-order valence-electron chi connectivity index (χ0n) is 16.6. The molecule has 3 amide bonds. The summed E-state index contributed by atoms with van der Waals surface area (Å²) in [5.74, 6) is -1.63. The molecule has 0 bridgehead atoms. The minimum atomic E-state index is -0.533. The highest BCUT2D eigenvalue weighted by Crippen LogP contribution is 2.30. The Kier molecular flexibility index (Phi) is 4.60. The maximum Gasteiger partial charge on any atom is 0.299 e. The van der Waals surface area contributed by atoms with Crippen molar-refractivity contribution in [2.75, 3.05) is 31.1 Å². The predicted molar refractivity (Wildman–Crippen MR) is 115 cm³/mol. The van der Waals surface area contributed by atoms with Crippen molar-refractivity contribution in [3.05, 3.63) is 77.4 Å². The molecule has 0 radical (unpaired) electrons. The lowest BCUT2D eigenvalue weighted by molar-refractivity contribution is -0.114. The lowest BCUT2D eigenvalue weighted by Gasteiger charge is -2.27. The first-order valence-electron chi connectivity index (χ1n) is 10.1. The number of hydrogen-bond donors (Lipinski definition) is 1. The molecule has 2 aliphatic rings. The van der Waals surface area contributed by atoms with Crippen LogP contribution in [0.25, 0.3) is 10.8 Å². The smallest absolute Gasteiger partial charge is 0.299 e. The molecule has 0 saturated heterocycles. The Bertz CT molecular complexity index is 1220. The molecule has 2 aliphatic heterocycles. The molecule has 0 spiro atoms. The van der Waals surface area contributed by atoms with Gasteiger partial charge in [-0.25, -0.2) is 0 Å². The molecule has 0 fully saturated rings. The van der Waals surface area contributed by atoms with Crippen molar-refractivity contribution >= 4 is 40.0 Å². The van der Waals surface area contributed by atoms with Crippen LogP contribution in [0.3, 0.4) is 0 Å². The number of carbonyl (C=O) groups is 4. The summed E-state index contributed by atoms with van der Waals surface area (Å²) < 4.78 is 0. The molecule has 0 saturated carbocycles. The summed E-state index contributed by atoms with van der Waals surface area (Å²) >= 11 is 0. The van der Waals surface area contributed by atoms with Crippen molar-refractivity contribution in [2.24, 2.45) is 0 Å². The summed E-state index contributed by atoms with van der Waals surface area (Å²) in [5, 5.41) is 4.75. The number of benzene rings is 3. The lowest BCUT2D eigenvalue weighted by Crippen LogP contribution is -2.44. The predicted octanol–water partition coefficient (Wildman–Crippen LogP) is 2.25. The Morgan fingerprint density at radius 2 is 1.19 bits per heavy atom. The standard InChI is InChI=1S/C24H19N3O4/c28-21-16-7-1-2-10-19(16)26(24(21)31)13-11-25-12-14-27-22(29)17-8-3-5-15-6-4-9-18(20(15)17)23(27)30/h1-10,25H,11-14H2. The van der Waals surface area contributed by atoms with Gasteiger partial charge in [-0.15, -0.1) is 0 Å². The summed E-state index contributed by atoms with van der Waals surface area (Å²) in [6.07, 6.45) is 0. The molecular formula is C24H19N3O4. The highest BCUT2D eigenvalue weighted by atomic mass is 16.2. The molecule has 3 aromatic carbocycles. The number of Topliss-reactive ketones (excluding diaryl/α,β-unsaturated/α-hetero) is 1. The third kappa shape index (κ3) is 3.02. The maximum atomic E-state index is 12.9. The molecule has 31 heavy (non-hydrogen) atoms. The van der Waals surface area contributed by atoms with Crippen molar-refractivity contribution < 1.29 is 19.2 Å². The fourth-order valence-corrected chi connectivity index (χ4v) is 4.26. The van der Waals surface area contributed by atoms with Gasteiger partial charge in [0.05, 0.1) is 11.3 Å². The Balaban J connectivity index is 1.22. The van der Waals surface area contributed by atoms with Crippen LogP contribution in [0.1, 0.15) is 31.1 Å². The number of ketones is 1. The normalized spacial score (nSPS) is 15.2. The first kappa shape index (κ1) is 19.1. The molecule has 5 rings (SSSR count). The van der Waals surface area contributed by atoms with Crippen molar-refractivity contribution in [3.8, 4) is 0 Å². The third-order valence-electron chi connectivity index (χ3n) is 5.76. The fourth-order valence-electron chi connectivity index (χ4n) is 4.26. The van der Waals surface area contributed by atoms with Crippen LogP contribution in [0.15, 0.2) is 60.7 Å². The van der Waals surface area contributed by atoms with Gasteiger partial charge in [0.25, 0.3) is 23.5 Å². The van der Waals surface area contributed by atoms with E-state index in [-0.39, 0.29) is 18.4 Å². The number of carbonyl (C=O) groups excluding carboxylic acids is 4. The number of hydrogen-bond acceptors (Lipinski definition) is 5. The molecule has 1 N–H and O–H groups in total. The van der Waals surface area contributed by atoms with Gasteiger partial charge in [0.1, 0.15) is 0 Å². The minimum Gasteiger partial charge on any atom is -0.313 e. The zero-order chi connectivity index (χ0) is 21.5. The number of nitrogens with zero attached hydrogens (tertiary/aromatic N) is 2. The van der Waals surface area contributed by atoms with Crippen molar-refractivity contribution in [3.63, 3.8) is 0 Å². The quantitative estimate of drug-likeness (QED) is 0.381. The first-order chi connectivity index (χ1) is 15.1. The van der Waals surface area contributed by atoms with E-state index in [1.165, 1.54) is 9.80 Å². The van der Waals surface area contributed by atoms with E-state index in [1.807, 2.05) is 24.3 Å². The summed E-state index contributed by atoms with van der Waals surface area (Å²) in [6.45, 7) is 1.35. The van der Waals surface area contributed by atoms with Crippen LogP contribution < -0.4 is 10.2 Å². The van der Waals surface area contributed by atoms with Gasteiger partial charge < -0.3 is 10.2 Å². The van der Waals surface area contributed by atoms with Gasteiger partial charge in [0.2, 0.25) is 0 Å². The fraction of sp³-hybridized carbons (Fsp3) is 0.167. The highest BCUT2D eigenvalue weighted by Gasteiger charge is 2.35. The van der Waals surface area contributed by atoms with Crippen molar-refractivity contribution in [1.82, 2.24) is 10.2 Å². The molecular weight excluding hydrogens is 394 g/mol. The van der Waals surface area contributed by atoms with Crippen LogP contribution in [0, 0.1) is 0 Å². The highest BCUT2D eigenvalue weighted by molar-refractivity contribution is 6.52. The number of rotatable bonds is 6. The van der Waals surface area contributed by atoms with Crippen LogP contribution in [-0.2, 0) is 4.79 Å². The van der Waals surface area contributed by atoms with Gasteiger partial charge in [0.15, 0.2) is 0 Å². The van der Waals surface area contributed by atoms with E-state index in [0.717, 1.165) is 5.39 Å². The van der Waals surface area contributed by atoms with E-state index in [0.29, 0.717) is 47.4 Å². The number of fused-ring (bicyclic) bond motifs is 1. The van der Waals surface area contributed by atoms with E-state index >= 15 is 0 Å². The Hall–Kier alpha value is -3.84. The van der Waals surface area contributed by atoms with E-state index < -0.39 is 11.7 Å². The van der Waals surface area contributed by atoms with Gasteiger partial charge in [-0.05, 0) is 29.7 Å². The zero-order valence-corrected chi connectivity index (χ0v) is 16.6. The summed E-state index contributed by atoms with van der Waals surface area (Å²) in [6, 6.07) is 17.8. The molecule has 0 atom stereocenters. The average Bonchev–Trinajstić information content (AvgIpc) is 3.04. The average molecular weight is 413 g/mol. The third-order valence-corrected chi connectivity index (χ3v) is 5.76. The van der Waals surface area contributed by atoms with Crippen LogP contribution >= 0.6 is 0 Å². The van der Waals surface area contributed by atoms with Gasteiger partial charge in [-0.3, -0.25) is 24.1 Å². The van der Waals surface area contributed by atoms with Gasteiger partial charge in [-0.1, -0.05) is 36.4 Å². The molecule has 7 nitrogen and oxygen atoms in total. The number of para-hydroxylation sites is 1. The topological polar surface area (TPSA) is 86.8 Å². The molecule has 7 heteroatoms. The maximum absolute atomic E-state index is 12.9. The molecule has 0 aromatic heterocycles. The molecule has 0 unspecified atom stereocenters. The Labute approximate surface area is 178 Å². The van der Waals surface area contributed by atoms with E-state index in [4.69, 9.17) is 0 Å². The Morgan fingerprint density at radius 3 is 1.87 bits per heavy atom. The van der Waals surface area contributed by atoms with Crippen molar-refractivity contribution in [2.45, 2.75) is 0 Å². The van der Waals surface area contributed by atoms with Gasteiger partial charge in [-0.2, -0.15) is 0 Å². The first-order valence-corrected chi connectivity index (χ1v) is 10.1. The summed E-state index contributed by atoms with van der Waals surface area (Å²) in [7, 11) is 0. The van der Waals surface area contributed by atoms with Crippen LogP contribution in [-0.4, -0.2) is 54.6 Å². The lowest BCUT2D eigenvalue weighted by atomic mass is 9.94. The van der Waals surface area contributed by atoms with Gasteiger partial charge >= 0.3 is 0 Å². The summed E-state index contributed by atoms with van der Waals surface area (Å²) in [5.41, 5.74) is 2.10. The van der Waals surface area contributed by atoms with Crippen LogP contribution in [0.2, 0.25) is 0 Å². The second-order valence-electron chi connectivity index (χ2n) is 7.52. The van der Waals surface area contributed by atoms with Crippen LogP contribution in [0.5, 0.6) is 0 Å². The second kappa shape index (κ2) is 7.45. The SMILES string of the molecule is O=C1C(=O)N(CCNCCN2C(=O)c3cccc4cccc(c34)C2=O)c2ccccc21. The second-order valence-corrected chi connectivity index (χ2v) is 7.52. The number of imide groups is 1. The van der Waals surface area contributed by atoms with Gasteiger partial charge in [0, 0.05) is 42.7 Å². The molecule has 3 aromatic rings. The van der Waals surface area contributed by atoms with Crippen molar-refractivity contribution in [1.29, 1.82) is 0 Å². The minimum absolute atomic E-state index is 0.214. The number of amides is 3.